The van der Waals surface area contributed by atoms with Crippen molar-refractivity contribution in [3.63, 3.8) is 0 Å². The Morgan fingerprint density at radius 1 is 1.08 bits per heavy atom. The van der Waals surface area contributed by atoms with Crippen molar-refractivity contribution in [2.75, 3.05) is 21.3 Å². The first-order chi connectivity index (χ1) is 12.0. The topological polar surface area (TPSA) is 62.2 Å². The van der Waals surface area contributed by atoms with Gasteiger partial charge < -0.3 is 19.0 Å². The number of hydrogen-bond donors (Lipinski definition) is 0. The van der Waals surface area contributed by atoms with Gasteiger partial charge in [-0.05, 0) is 38.5 Å². The number of nitrogens with zero attached hydrogens (tertiary/aromatic N) is 2. The first kappa shape index (κ1) is 18.6. The van der Waals surface area contributed by atoms with Crippen molar-refractivity contribution in [2.24, 2.45) is 5.16 Å². The number of aromatic nitrogens is 1. The van der Waals surface area contributed by atoms with Gasteiger partial charge in [-0.15, -0.1) is 0 Å². The number of pyridine rings is 1. The lowest BCUT2D eigenvalue weighted by Gasteiger charge is -2.17. The number of ether oxygens (including phenoxy) is 3. The maximum absolute atomic E-state index is 6.09. The van der Waals surface area contributed by atoms with Crippen molar-refractivity contribution in [3.05, 3.63) is 41.1 Å². The van der Waals surface area contributed by atoms with Crippen molar-refractivity contribution in [1.82, 2.24) is 4.98 Å². The van der Waals surface area contributed by atoms with Crippen LogP contribution in [-0.4, -0.2) is 32.0 Å². The molecule has 25 heavy (non-hydrogen) atoms. The Hall–Kier alpha value is -2.76. The lowest BCUT2D eigenvalue weighted by molar-refractivity contribution is 0.213. The third-order valence-corrected chi connectivity index (χ3v) is 3.78. The Labute approximate surface area is 148 Å². The fourth-order valence-electron chi connectivity index (χ4n) is 2.54. The van der Waals surface area contributed by atoms with E-state index in [9.17, 15) is 0 Å². The second kappa shape index (κ2) is 8.37. The van der Waals surface area contributed by atoms with Gasteiger partial charge in [-0.1, -0.05) is 18.1 Å². The number of aryl methyl sites for hydroxylation is 1. The van der Waals surface area contributed by atoms with Gasteiger partial charge in [-0.3, -0.25) is 0 Å². The van der Waals surface area contributed by atoms with Crippen molar-refractivity contribution in [1.29, 1.82) is 0 Å². The summed E-state index contributed by atoms with van der Waals surface area (Å²) in [5.41, 5.74) is 3.47. The van der Waals surface area contributed by atoms with E-state index in [4.69, 9.17) is 19.0 Å². The standard InChI is InChI=1S/C19H24N2O4/c1-7-15(21-24-6)14-11-12(2)20-19(13(14)3)25-18-16(22-4)9-8-10-17(18)23-5/h8-11H,7H2,1-6H3/b21-15-. The van der Waals surface area contributed by atoms with Crippen molar-refractivity contribution in [2.45, 2.75) is 27.2 Å². The van der Waals surface area contributed by atoms with E-state index >= 15 is 0 Å². The molecule has 0 amide bonds. The fourth-order valence-corrected chi connectivity index (χ4v) is 2.54. The summed E-state index contributed by atoms with van der Waals surface area (Å²) in [4.78, 5) is 9.49. The van der Waals surface area contributed by atoms with Gasteiger partial charge in [-0.25, -0.2) is 4.98 Å². The van der Waals surface area contributed by atoms with Crippen LogP contribution < -0.4 is 14.2 Å². The van der Waals surface area contributed by atoms with Crippen molar-refractivity contribution >= 4 is 5.71 Å². The van der Waals surface area contributed by atoms with Crippen LogP contribution in [-0.2, 0) is 4.84 Å². The summed E-state index contributed by atoms with van der Waals surface area (Å²) in [6, 6.07) is 7.44. The Bertz CT molecular complexity index is 750. The van der Waals surface area contributed by atoms with Crippen LogP contribution >= 0.6 is 0 Å². The maximum atomic E-state index is 6.09. The van der Waals surface area contributed by atoms with Gasteiger partial charge in [0.1, 0.15) is 7.11 Å². The molecule has 2 rings (SSSR count). The highest BCUT2D eigenvalue weighted by Crippen LogP contribution is 2.40. The molecule has 1 heterocycles. The van der Waals surface area contributed by atoms with Crippen molar-refractivity contribution < 1.29 is 19.0 Å². The van der Waals surface area contributed by atoms with Gasteiger partial charge in [0.2, 0.25) is 11.6 Å². The monoisotopic (exact) mass is 344 g/mol. The minimum Gasteiger partial charge on any atom is -0.493 e. The van der Waals surface area contributed by atoms with E-state index in [1.807, 2.05) is 45.0 Å². The normalized spacial score (nSPS) is 11.2. The lowest BCUT2D eigenvalue weighted by atomic mass is 10.0. The quantitative estimate of drug-likeness (QED) is 0.554. The molecule has 6 nitrogen and oxygen atoms in total. The summed E-state index contributed by atoms with van der Waals surface area (Å²) in [6.45, 7) is 5.88. The van der Waals surface area contributed by atoms with E-state index in [0.717, 1.165) is 29.0 Å². The molecule has 0 atom stereocenters. The molecule has 1 aromatic heterocycles. The van der Waals surface area contributed by atoms with E-state index in [1.54, 1.807) is 14.2 Å². The molecule has 1 aromatic carbocycles. The minimum absolute atomic E-state index is 0.482. The molecular formula is C19H24N2O4. The zero-order chi connectivity index (χ0) is 18.4. The van der Waals surface area contributed by atoms with Crippen LogP contribution in [0.2, 0.25) is 0 Å². The van der Waals surface area contributed by atoms with Crippen LogP contribution in [0.25, 0.3) is 0 Å². The molecule has 0 unspecified atom stereocenters. The molecule has 2 aromatic rings. The number of hydrogen-bond acceptors (Lipinski definition) is 6. The summed E-state index contributed by atoms with van der Waals surface area (Å²) >= 11 is 0. The van der Waals surface area contributed by atoms with Crippen LogP contribution in [0.1, 0.15) is 30.2 Å². The number of para-hydroxylation sites is 1. The van der Waals surface area contributed by atoms with Gasteiger partial charge in [-0.2, -0.15) is 0 Å². The Morgan fingerprint density at radius 3 is 2.24 bits per heavy atom. The zero-order valence-electron chi connectivity index (χ0n) is 15.5. The Kier molecular flexibility index (Phi) is 6.22. The van der Waals surface area contributed by atoms with Crippen LogP contribution in [0.5, 0.6) is 23.1 Å². The molecule has 0 aliphatic carbocycles. The van der Waals surface area contributed by atoms with E-state index in [-0.39, 0.29) is 0 Å². The van der Waals surface area contributed by atoms with Gasteiger partial charge >= 0.3 is 0 Å². The molecule has 0 saturated heterocycles. The number of benzene rings is 1. The number of methoxy groups -OCH3 is 2. The number of rotatable bonds is 7. The van der Waals surface area contributed by atoms with Crippen molar-refractivity contribution in [3.8, 4) is 23.1 Å². The second-order valence-electron chi connectivity index (χ2n) is 5.41. The predicted molar refractivity (Wildman–Crippen MR) is 97.2 cm³/mol. The van der Waals surface area contributed by atoms with Gasteiger partial charge in [0.05, 0.1) is 19.9 Å². The molecule has 134 valence electrons. The first-order valence-electron chi connectivity index (χ1n) is 8.03. The second-order valence-corrected chi connectivity index (χ2v) is 5.41. The average Bonchev–Trinajstić information content (AvgIpc) is 2.62. The molecule has 0 spiro atoms. The lowest BCUT2D eigenvalue weighted by Crippen LogP contribution is -2.07. The average molecular weight is 344 g/mol. The maximum Gasteiger partial charge on any atom is 0.223 e. The van der Waals surface area contributed by atoms with Gasteiger partial charge in [0, 0.05) is 16.8 Å². The molecular weight excluding hydrogens is 320 g/mol. The number of oxime groups is 1. The summed E-state index contributed by atoms with van der Waals surface area (Å²) in [5.74, 6) is 2.12. The third kappa shape index (κ3) is 4.02. The Morgan fingerprint density at radius 2 is 1.72 bits per heavy atom. The summed E-state index contributed by atoms with van der Waals surface area (Å²) in [6.07, 6.45) is 0.732. The molecule has 0 N–H and O–H groups in total. The van der Waals surface area contributed by atoms with Gasteiger partial charge in [0.25, 0.3) is 0 Å². The smallest absolute Gasteiger partial charge is 0.223 e. The molecule has 0 bridgehead atoms. The van der Waals surface area contributed by atoms with Crippen LogP contribution in [0.4, 0.5) is 0 Å². The zero-order valence-corrected chi connectivity index (χ0v) is 15.5. The molecule has 0 saturated carbocycles. The van der Waals surface area contributed by atoms with E-state index in [2.05, 4.69) is 10.1 Å². The Balaban J connectivity index is 2.55. The highest BCUT2D eigenvalue weighted by molar-refractivity contribution is 6.01. The first-order valence-corrected chi connectivity index (χ1v) is 8.03. The van der Waals surface area contributed by atoms with E-state index in [0.29, 0.717) is 23.1 Å². The molecule has 0 fully saturated rings. The SMILES string of the molecule is CC/C(=N/OC)c1cc(C)nc(Oc2c(OC)cccc2OC)c1C. The molecule has 0 aliphatic heterocycles. The molecule has 0 radical (unpaired) electrons. The predicted octanol–water partition coefficient (Wildman–Crippen LogP) is 4.27. The highest BCUT2D eigenvalue weighted by atomic mass is 16.6. The summed E-state index contributed by atoms with van der Waals surface area (Å²) < 4.78 is 16.9. The largest absolute Gasteiger partial charge is 0.493 e. The van der Waals surface area contributed by atoms with Crippen LogP contribution in [0, 0.1) is 13.8 Å². The van der Waals surface area contributed by atoms with E-state index in [1.165, 1.54) is 7.11 Å². The summed E-state index contributed by atoms with van der Waals surface area (Å²) in [7, 11) is 4.71. The van der Waals surface area contributed by atoms with E-state index < -0.39 is 0 Å². The minimum atomic E-state index is 0.482. The summed E-state index contributed by atoms with van der Waals surface area (Å²) in [5, 5.41) is 4.11. The molecule has 0 aliphatic rings. The van der Waals surface area contributed by atoms with Crippen LogP contribution in [0.15, 0.2) is 29.4 Å². The fraction of sp³-hybridized carbons (Fsp3) is 0.368. The van der Waals surface area contributed by atoms with Crippen LogP contribution in [0.3, 0.4) is 0 Å². The molecule has 6 heteroatoms. The highest BCUT2D eigenvalue weighted by Gasteiger charge is 2.18. The van der Waals surface area contributed by atoms with Gasteiger partial charge in [0.15, 0.2) is 11.5 Å². The third-order valence-electron chi connectivity index (χ3n) is 3.78.